The Morgan fingerprint density at radius 2 is 2.33 bits per heavy atom. The maximum atomic E-state index is 11.1. The Kier molecular flexibility index (Phi) is 3.38. The first-order valence-corrected chi connectivity index (χ1v) is 5.94. The molecule has 1 unspecified atom stereocenters. The maximum Gasteiger partial charge on any atom is 0.292 e. The number of rotatable bonds is 4. The summed E-state index contributed by atoms with van der Waals surface area (Å²) >= 11 is 0. The molecule has 2 rings (SSSR count). The second-order valence-electron chi connectivity index (χ2n) is 4.62. The van der Waals surface area contributed by atoms with Crippen LogP contribution in [0.4, 0.5) is 17.1 Å². The summed E-state index contributed by atoms with van der Waals surface area (Å²) in [6.07, 6.45) is 0.246. The largest absolute Gasteiger partial charge is 0.392 e. The van der Waals surface area contributed by atoms with Crippen molar-refractivity contribution < 1.29 is 10.0 Å². The average molecular weight is 251 g/mol. The van der Waals surface area contributed by atoms with E-state index in [1.807, 2.05) is 0 Å². The van der Waals surface area contributed by atoms with Crippen LogP contribution in [0, 0.1) is 10.1 Å². The van der Waals surface area contributed by atoms with Crippen LogP contribution in [-0.2, 0) is 6.42 Å². The Balaban J connectivity index is 2.48. The summed E-state index contributed by atoms with van der Waals surface area (Å²) in [5.41, 5.74) is 2.63. The summed E-state index contributed by atoms with van der Waals surface area (Å²) in [6, 6.07) is 3.27. The van der Waals surface area contributed by atoms with E-state index in [1.54, 1.807) is 24.9 Å². The Morgan fingerprint density at radius 3 is 2.94 bits per heavy atom. The molecule has 1 aromatic carbocycles. The molecule has 1 aliphatic rings. The maximum absolute atomic E-state index is 11.1. The number of aliphatic hydroxyl groups excluding tert-OH is 1. The molecule has 98 valence electrons. The summed E-state index contributed by atoms with van der Waals surface area (Å²) in [4.78, 5) is 12.5. The summed E-state index contributed by atoms with van der Waals surface area (Å²) < 4.78 is 0. The number of hydrogen-bond donors (Lipinski definition) is 2. The molecule has 0 aromatic heterocycles. The molecular formula is C12H17N3O3. The van der Waals surface area contributed by atoms with Crippen LogP contribution in [0.1, 0.15) is 12.5 Å². The summed E-state index contributed by atoms with van der Waals surface area (Å²) in [5.74, 6) is 0. The van der Waals surface area contributed by atoms with Gasteiger partial charge in [0, 0.05) is 37.5 Å². The topological polar surface area (TPSA) is 78.6 Å². The number of hydrogen-bond acceptors (Lipinski definition) is 5. The number of likely N-dealkylation sites (N-methyl/N-ethyl adjacent to an activating group) is 1. The zero-order chi connectivity index (χ0) is 13.3. The van der Waals surface area contributed by atoms with Gasteiger partial charge in [-0.25, -0.2) is 0 Å². The number of aliphatic hydroxyl groups is 1. The van der Waals surface area contributed by atoms with E-state index in [0.717, 1.165) is 24.2 Å². The van der Waals surface area contributed by atoms with Crippen molar-refractivity contribution in [3.63, 3.8) is 0 Å². The van der Waals surface area contributed by atoms with Gasteiger partial charge >= 0.3 is 0 Å². The van der Waals surface area contributed by atoms with Crippen LogP contribution >= 0.6 is 0 Å². The standard InChI is InChI=1S/C12H17N3O3/c1-8(16)7-14(2)12-9-5-6-13-10(9)3-4-11(12)15(17)18/h3-4,8,13,16H,5-7H2,1-2H3. The van der Waals surface area contributed by atoms with E-state index in [9.17, 15) is 15.2 Å². The van der Waals surface area contributed by atoms with Crippen molar-refractivity contribution in [2.45, 2.75) is 19.4 Å². The fraction of sp³-hybridized carbons (Fsp3) is 0.500. The minimum absolute atomic E-state index is 0.0978. The van der Waals surface area contributed by atoms with Crippen molar-refractivity contribution >= 4 is 17.1 Å². The van der Waals surface area contributed by atoms with Gasteiger partial charge in [0.2, 0.25) is 0 Å². The van der Waals surface area contributed by atoms with Gasteiger partial charge in [0.05, 0.1) is 11.0 Å². The van der Waals surface area contributed by atoms with Crippen molar-refractivity contribution in [3.05, 3.63) is 27.8 Å². The van der Waals surface area contributed by atoms with Crippen molar-refractivity contribution in [2.75, 3.05) is 30.4 Å². The van der Waals surface area contributed by atoms with Crippen molar-refractivity contribution in [2.24, 2.45) is 0 Å². The molecule has 2 N–H and O–H groups in total. The highest BCUT2D eigenvalue weighted by Gasteiger charge is 2.26. The fourth-order valence-electron chi connectivity index (χ4n) is 2.43. The Morgan fingerprint density at radius 1 is 1.61 bits per heavy atom. The second kappa shape index (κ2) is 4.81. The van der Waals surface area contributed by atoms with E-state index in [-0.39, 0.29) is 10.6 Å². The van der Waals surface area contributed by atoms with E-state index in [1.165, 1.54) is 6.07 Å². The van der Waals surface area contributed by atoms with Crippen LogP contribution < -0.4 is 10.2 Å². The van der Waals surface area contributed by atoms with Gasteiger partial charge in [0.15, 0.2) is 0 Å². The van der Waals surface area contributed by atoms with E-state index < -0.39 is 6.10 Å². The summed E-state index contributed by atoms with van der Waals surface area (Å²) in [7, 11) is 1.77. The number of nitrogens with one attached hydrogen (secondary N) is 1. The summed E-state index contributed by atoms with van der Waals surface area (Å²) in [6.45, 7) is 2.84. The number of nitrogens with zero attached hydrogens (tertiary/aromatic N) is 2. The van der Waals surface area contributed by atoms with E-state index >= 15 is 0 Å². The normalized spacial score (nSPS) is 14.8. The Labute approximate surface area is 105 Å². The zero-order valence-electron chi connectivity index (χ0n) is 10.5. The molecule has 0 saturated heterocycles. The first-order valence-electron chi connectivity index (χ1n) is 5.94. The van der Waals surface area contributed by atoms with Gasteiger partial charge < -0.3 is 15.3 Å². The molecule has 0 radical (unpaired) electrons. The van der Waals surface area contributed by atoms with Gasteiger partial charge in [-0.15, -0.1) is 0 Å². The second-order valence-corrected chi connectivity index (χ2v) is 4.62. The third-order valence-electron chi connectivity index (χ3n) is 3.07. The van der Waals surface area contributed by atoms with Gasteiger partial charge in [-0.1, -0.05) is 0 Å². The van der Waals surface area contributed by atoms with Gasteiger partial charge in [-0.2, -0.15) is 0 Å². The SMILES string of the molecule is CC(O)CN(C)c1c([N+](=O)[O-])ccc2c1CCN2. The van der Waals surface area contributed by atoms with Crippen LogP contribution in [-0.4, -0.2) is 36.3 Å². The quantitative estimate of drug-likeness (QED) is 0.624. The molecule has 6 nitrogen and oxygen atoms in total. The number of nitro benzene ring substituents is 1. The number of nitro groups is 1. The minimum atomic E-state index is -0.528. The molecule has 0 bridgehead atoms. The van der Waals surface area contributed by atoms with E-state index in [0.29, 0.717) is 12.2 Å². The molecule has 0 aliphatic carbocycles. The van der Waals surface area contributed by atoms with Gasteiger partial charge in [0.1, 0.15) is 5.69 Å². The predicted molar refractivity (Wildman–Crippen MR) is 70.2 cm³/mol. The zero-order valence-corrected chi connectivity index (χ0v) is 10.5. The first-order chi connectivity index (χ1) is 8.50. The summed E-state index contributed by atoms with van der Waals surface area (Å²) in [5, 5.41) is 23.7. The van der Waals surface area contributed by atoms with Crippen LogP contribution in [0.3, 0.4) is 0 Å². The predicted octanol–water partition coefficient (Wildman–Crippen LogP) is 1.38. The molecule has 1 aromatic rings. The monoisotopic (exact) mass is 251 g/mol. The van der Waals surface area contributed by atoms with E-state index in [2.05, 4.69) is 5.32 Å². The molecule has 18 heavy (non-hydrogen) atoms. The molecule has 6 heteroatoms. The molecule has 1 atom stereocenters. The third-order valence-corrected chi connectivity index (χ3v) is 3.07. The van der Waals surface area contributed by atoms with Crippen molar-refractivity contribution in [1.29, 1.82) is 0 Å². The lowest BCUT2D eigenvalue weighted by atomic mass is 10.1. The lowest BCUT2D eigenvalue weighted by molar-refractivity contribution is -0.384. The molecular weight excluding hydrogens is 234 g/mol. The van der Waals surface area contributed by atoms with Crippen LogP contribution in [0.5, 0.6) is 0 Å². The van der Waals surface area contributed by atoms with Crippen molar-refractivity contribution in [3.8, 4) is 0 Å². The minimum Gasteiger partial charge on any atom is -0.392 e. The fourth-order valence-corrected chi connectivity index (χ4v) is 2.43. The van der Waals surface area contributed by atoms with E-state index in [4.69, 9.17) is 0 Å². The molecule has 0 saturated carbocycles. The molecule has 1 aliphatic heterocycles. The van der Waals surface area contributed by atoms with Gasteiger partial charge in [0.25, 0.3) is 5.69 Å². The highest BCUT2D eigenvalue weighted by Crippen LogP contribution is 2.38. The molecule has 0 amide bonds. The lowest BCUT2D eigenvalue weighted by Crippen LogP contribution is -2.28. The van der Waals surface area contributed by atoms with Crippen molar-refractivity contribution in [1.82, 2.24) is 0 Å². The van der Waals surface area contributed by atoms with Gasteiger partial charge in [-0.3, -0.25) is 10.1 Å². The first kappa shape index (κ1) is 12.6. The van der Waals surface area contributed by atoms with Crippen LogP contribution in [0.15, 0.2) is 12.1 Å². The molecule has 1 heterocycles. The Bertz CT molecular complexity index is 474. The highest BCUT2D eigenvalue weighted by molar-refractivity contribution is 5.77. The van der Waals surface area contributed by atoms with Crippen LogP contribution in [0.2, 0.25) is 0 Å². The number of fused-ring (bicyclic) bond motifs is 1. The average Bonchev–Trinajstić information content (AvgIpc) is 2.73. The number of anilines is 2. The Hall–Kier alpha value is -1.82. The molecule has 0 spiro atoms. The smallest absolute Gasteiger partial charge is 0.292 e. The number of benzene rings is 1. The lowest BCUT2D eigenvalue weighted by Gasteiger charge is -2.23. The van der Waals surface area contributed by atoms with Gasteiger partial charge in [-0.05, 0) is 19.4 Å². The highest BCUT2D eigenvalue weighted by atomic mass is 16.6. The van der Waals surface area contributed by atoms with Crippen LogP contribution in [0.25, 0.3) is 0 Å². The molecule has 0 fully saturated rings. The third kappa shape index (κ3) is 2.24.